The number of thiazole rings is 1. The van der Waals surface area contributed by atoms with Gasteiger partial charge in [-0.2, -0.15) is 5.26 Å². The predicted octanol–water partition coefficient (Wildman–Crippen LogP) is 4.87. The first-order valence-corrected chi connectivity index (χ1v) is 17.0. The molecule has 0 radical (unpaired) electrons. The molecule has 3 fully saturated rings. The van der Waals surface area contributed by atoms with E-state index in [1.54, 1.807) is 23.1 Å². The van der Waals surface area contributed by atoms with E-state index in [1.165, 1.54) is 23.5 Å². The number of hydrogen-bond acceptors (Lipinski definition) is 9. The molecule has 0 unspecified atom stereocenters. The Morgan fingerprint density at radius 2 is 1.87 bits per heavy atom. The molecule has 4 aliphatic rings. The highest BCUT2D eigenvalue weighted by molar-refractivity contribution is 7.16. The van der Waals surface area contributed by atoms with Crippen molar-refractivity contribution >= 4 is 44.7 Å². The molecule has 2 aromatic heterocycles. The zero-order chi connectivity index (χ0) is 32.4. The van der Waals surface area contributed by atoms with Crippen LogP contribution in [0.2, 0.25) is 0 Å². The van der Waals surface area contributed by atoms with Crippen LogP contribution < -0.4 is 9.80 Å². The van der Waals surface area contributed by atoms with E-state index in [2.05, 4.69) is 21.9 Å². The third-order valence-electron chi connectivity index (χ3n) is 10.4. The molecule has 2 aromatic carbocycles. The van der Waals surface area contributed by atoms with Gasteiger partial charge in [-0.1, -0.05) is 11.3 Å². The van der Waals surface area contributed by atoms with E-state index >= 15 is 4.39 Å². The van der Waals surface area contributed by atoms with Crippen LogP contribution in [0.5, 0.6) is 0 Å². The molecule has 47 heavy (non-hydrogen) atoms. The number of amides is 1. The highest BCUT2D eigenvalue weighted by Crippen LogP contribution is 2.46. The van der Waals surface area contributed by atoms with Crippen molar-refractivity contribution in [3.05, 3.63) is 64.2 Å². The fourth-order valence-electron chi connectivity index (χ4n) is 7.67. The summed E-state index contributed by atoms with van der Waals surface area (Å²) in [6.07, 6.45) is 4.14. The zero-order valence-corrected chi connectivity index (χ0v) is 27.0. The van der Waals surface area contributed by atoms with E-state index in [9.17, 15) is 19.6 Å². The van der Waals surface area contributed by atoms with Gasteiger partial charge in [0.1, 0.15) is 28.0 Å². The number of likely N-dealkylation sites (tertiary alicyclic amines) is 2. The normalized spacial score (nSPS) is 19.0. The van der Waals surface area contributed by atoms with Gasteiger partial charge in [-0.25, -0.2) is 18.7 Å². The lowest BCUT2D eigenvalue weighted by atomic mass is 9.71. The molecule has 242 valence electrons. The van der Waals surface area contributed by atoms with Crippen LogP contribution in [-0.4, -0.2) is 89.7 Å². The van der Waals surface area contributed by atoms with E-state index in [1.807, 2.05) is 11.9 Å². The lowest BCUT2D eigenvalue weighted by molar-refractivity contribution is -0.143. The summed E-state index contributed by atoms with van der Waals surface area (Å²) in [5.74, 6) is -0.621. The van der Waals surface area contributed by atoms with Crippen LogP contribution in [0.25, 0.3) is 22.2 Å². The van der Waals surface area contributed by atoms with Crippen LogP contribution in [0.15, 0.2) is 36.4 Å². The smallest absolute Gasteiger partial charge is 0.236 e. The third kappa shape index (κ3) is 5.30. The number of anilines is 3. The van der Waals surface area contributed by atoms with Gasteiger partial charge >= 0.3 is 0 Å². The Morgan fingerprint density at radius 1 is 1.13 bits per heavy atom. The van der Waals surface area contributed by atoms with E-state index in [4.69, 9.17) is 9.97 Å². The first kappa shape index (κ1) is 30.2. The number of halogens is 2. The van der Waals surface area contributed by atoms with E-state index in [0.29, 0.717) is 46.4 Å². The van der Waals surface area contributed by atoms with Gasteiger partial charge in [0.2, 0.25) is 5.91 Å². The Balaban J connectivity index is 1.06. The number of rotatable bonds is 6. The molecule has 1 amide bonds. The highest BCUT2D eigenvalue weighted by Gasteiger charge is 2.45. The summed E-state index contributed by atoms with van der Waals surface area (Å²) in [5.41, 5.74) is 5.35. The summed E-state index contributed by atoms with van der Waals surface area (Å²) in [6, 6.07) is 11.9. The minimum Gasteiger partial charge on any atom is -0.389 e. The van der Waals surface area contributed by atoms with Gasteiger partial charge in [-0.05, 0) is 87.2 Å². The molecule has 0 saturated carbocycles. The monoisotopic (exact) mass is 655 g/mol. The molecule has 4 aromatic rings. The molecular formula is C35H35F2N7O2S. The number of carbonyl (C=O) groups is 1. The third-order valence-corrected chi connectivity index (χ3v) is 11.4. The number of aromatic nitrogens is 2. The molecule has 3 aliphatic heterocycles. The Kier molecular flexibility index (Phi) is 7.39. The fraction of sp³-hybridized carbons (Fsp3) is 0.429. The number of pyridine rings is 1. The molecule has 9 nitrogen and oxygen atoms in total. The van der Waals surface area contributed by atoms with Crippen molar-refractivity contribution in [2.24, 2.45) is 5.41 Å². The maximum Gasteiger partial charge on any atom is 0.236 e. The topological polar surface area (TPSA) is 99.8 Å². The van der Waals surface area contributed by atoms with E-state index in [0.717, 1.165) is 86.3 Å². The largest absolute Gasteiger partial charge is 0.389 e. The molecule has 0 bridgehead atoms. The number of piperidine rings is 1. The van der Waals surface area contributed by atoms with Gasteiger partial charge in [0, 0.05) is 61.0 Å². The summed E-state index contributed by atoms with van der Waals surface area (Å²) < 4.78 is 29.6. The van der Waals surface area contributed by atoms with Crippen molar-refractivity contribution in [1.82, 2.24) is 19.8 Å². The van der Waals surface area contributed by atoms with Gasteiger partial charge < -0.3 is 19.8 Å². The SMILES string of the molecule is CN(c1nc(-c2ccc(F)cc2)c(C#N)s1)c1c2c(nc3c(F)cc(N4CC5(CCN(CC(=O)N6CC(O)C6)CC5)C4)cc13)CCC2. The lowest BCUT2D eigenvalue weighted by Crippen LogP contribution is -2.61. The summed E-state index contributed by atoms with van der Waals surface area (Å²) in [5, 5.41) is 20.8. The Bertz CT molecular complexity index is 1920. The minimum atomic E-state index is -0.387. The molecule has 1 N–H and O–H groups in total. The average molecular weight is 656 g/mol. The number of aliphatic hydroxyl groups excluding tert-OH is 1. The first-order valence-electron chi connectivity index (χ1n) is 16.2. The van der Waals surface area contributed by atoms with Crippen molar-refractivity contribution in [3.8, 4) is 17.3 Å². The number of benzene rings is 2. The van der Waals surface area contributed by atoms with E-state index in [-0.39, 0.29) is 29.1 Å². The van der Waals surface area contributed by atoms with Gasteiger partial charge in [0.15, 0.2) is 10.9 Å². The molecular weight excluding hydrogens is 620 g/mol. The molecule has 5 heterocycles. The van der Waals surface area contributed by atoms with Crippen molar-refractivity contribution in [2.75, 3.05) is 62.7 Å². The Labute approximate surface area is 275 Å². The zero-order valence-electron chi connectivity index (χ0n) is 26.2. The maximum absolute atomic E-state index is 15.9. The van der Waals surface area contributed by atoms with Gasteiger partial charge in [-0.15, -0.1) is 0 Å². The number of nitriles is 1. The minimum absolute atomic E-state index is 0.0854. The number of hydrogen-bond donors (Lipinski definition) is 1. The first-order chi connectivity index (χ1) is 22.7. The van der Waals surface area contributed by atoms with Crippen LogP contribution in [0, 0.1) is 28.4 Å². The molecule has 12 heteroatoms. The Morgan fingerprint density at radius 3 is 2.57 bits per heavy atom. The molecule has 8 rings (SSSR count). The van der Waals surface area contributed by atoms with Crippen LogP contribution in [0.1, 0.15) is 35.4 Å². The molecule has 0 atom stereocenters. The summed E-state index contributed by atoms with van der Waals surface area (Å²) in [7, 11) is 1.91. The van der Waals surface area contributed by atoms with Gasteiger partial charge in [0.25, 0.3) is 0 Å². The second-order valence-corrected chi connectivity index (χ2v) is 14.5. The van der Waals surface area contributed by atoms with Crippen LogP contribution >= 0.6 is 11.3 Å². The quantitative estimate of drug-likeness (QED) is 0.314. The predicted molar refractivity (Wildman–Crippen MR) is 177 cm³/mol. The Hall–Kier alpha value is -4.18. The van der Waals surface area contributed by atoms with Crippen LogP contribution in [0.4, 0.5) is 25.3 Å². The number of aliphatic hydroxyl groups is 1. The van der Waals surface area contributed by atoms with Crippen LogP contribution in [0.3, 0.4) is 0 Å². The number of carbonyl (C=O) groups excluding carboxylic acids is 1. The molecule has 1 aliphatic carbocycles. The van der Waals surface area contributed by atoms with Crippen molar-refractivity contribution < 1.29 is 18.7 Å². The standard InChI is InChI=1S/C35H35F2N7O2S/c1-41(34-40-31(29(15-38)47-34)21-5-7-22(36)8-6-21)33-25-3-2-4-28(25)39-32-26(33)13-23(14-27(32)37)44-19-35(20-44)9-11-42(12-10-35)18-30(46)43-16-24(45)17-43/h5-8,13-14,24,45H,2-4,9-12,16-20H2,1H3. The second-order valence-electron chi connectivity index (χ2n) is 13.5. The number of fused-ring (bicyclic) bond motifs is 2. The van der Waals surface area contributed by atoms with Crippen LogP contribution in [-0.2, 0) is 17.6 Å². The van der Waals surface area contributed by atoms with Gasteiger partial charge in [-0.3, -0.25) is 9.69 Å². The summed E-state index contributed by atoms with van der Waals surface area (Å²) in [6.45, 7) is 4.64. The summed E-state index contributed by atoms with van der Waals surface area (Å²) >= 11 is 1.27. The lowest BCUT2D eigenvalue weighted by Gasteiger charge is -2.55. The highest BCUT2D eigenvalue weighted by atomic mass is 32.1. The van der Waals surface area contributed by atoms with Crippen molar-refractivity contribution in [1.29, 1.82) is 5.26 Å². The number of aryl methyl sites for hydroxylation is 1. The molecule has 1 spiro atoms. The summed E-state index contributed by atoms with van der Waals surface area (Å²) in [4.78, 5) is 30.7. The fourth-order valence-corrected chi connectivity index (χ4v) is 8.53. The van der Waals surface area contributed by atoms with Crippen molar-refractivity contribution in [3.63, 3.8) is 0 Å². The maximum atomic E-state index is 15.9. The van der Waals surface area contributed by atoms with Gasteiger partial charge in [0.05, 0.1) is 18.3 Å². The second kappa shape index (κ2) is 11.5. The molecule has 3 saturated heterocycles. The van der Waals surface area contributed by atoms with E-state index < -0.39 is 0 Å². The van der Waals surface area contributed by atoms with Crippen molar-refractivity contribution in [2.45, 2.75) is 38.2 Å². The average Bonchev–Trinajstić information content (AvgIpc) is 3.69. The number of nitrogens with zero attached hydrogens (tertiary/aromatic N) is 7. The number of β-amino-alcohol motifs (C(OH)–C–C–N with tert-alkyl or cyclic N) is 1.